The van der Waals surface area contributed by atoms with Gasteiger partial charge in [-0.05, 0) is 48.7 Å². The Morgan fingerprint density at radius 1 is 1.11 bits per heavy atom. The minimum atomic E-state index is -2.85. The van der Waals surface area contributed by atoms with E-state index in [0.717, 1.165) is 48.8 Å². The molecule has 5 heterocycles. The van der Waals surface area contributed by atoms with E-state index in [2.05, 4.69) is 26.2 Å². The van der Waals surface area contributed by atoms with Crippen LogP contribution in [-0.4, -0.2) is 63.4 Å². The fraction of sp³-hybridized carbons (Fsp3) is 0.462. The van der Waals surface area contributed by atoms with Crippen LogP contribution < -0.4 is 4.90 Å². The molecule has 0 aliphatic carbocycles. The highest BCUT2D eigenvalue weighted by Crippen LogP contribution is 2.36. The van der Waals surface area contributed by atoms with E-state index >= 15 is 0 Å². The topological polar surface area (TPSA) is 83.1 Å². The van der Waals surface area contributed by atoms with Crippen molar-refractivity contribution in [2.24, 2.45) is 5.92 Å². The first kappa shape index (κ1) is 24.2. The van der Waals surface area contributed by atoms with E-state index in [1.165, 1.54) is 0 Å². The summed E-state index contributed by atoms with van der Waals surface area (Å²) in [5.74, 6) is -1.15. The number of hydrogen-bond donors (Lipinski definition) is 0. The van der Waals surface area contributed by atoms with Crippen molar-refractivity contribution in [3.63, 3.8) is 0 Å². The minimum absolute atomic E-state index is 0.0958. The van der Waals surface area contributed by atoms with E-state index in [4.69, 9.17) is 16.3 Å². The Morgan fingerprint density at radius 2 is 1.92 bits per heavy atom. The number of piperidine rings is 1. The van der Waals surface area contributed by atoms with Crippen molar-refractivity contribution < 1.29 is 13.5 Å². The molecule has 0 unspecified atom stereocenters. The van der Waals surface area contributed by atoms with Gasteiger partial charge >= 0.3 is 0 Å². The van der Waals surface area contributed by atoms with Crippen LogP contribution in [0.25, 0.3) is 5.69 Å². The van der Waals surface area contributed by atoms with Gasteiger partial charge in [-0.2, -0.15) is 5.26 Å². The Morgan fingerprint density at radius 3 is 2.65 bits per heavy atom. The Labute approximate surface area is 218 Å². The lowest BCUT2D eigenvalue weighted by molar-refractivity contribution is -0.179. The molecule has 8 nitrogen and oxygen atoms in total. The molecule has 11 heteroatoms. The van der Waals surface area contributed by atoms with Gasteiger partial charge in [0.15, 0.2) is 5.82 Å². The van der Waals surface area contributed by atoms with E-state index in [1.807, 2.05) is 34.9 Å². The first-order valence-corrected chi connectivity index (χ1v) is 12.8. The molecule has 2 fully saturated rings. The van der Waals surface area contributed by atoms with Crippen molar-refractivity contribution in [1.82, 2.24) is 24.6 Å². The van der Waals surface area contributed by atoms with Gasteiger partial charge in [-0.1, -0.05) is 17.7 Å². The molecule has 3 aliphatic heterocycles. The van der Waals surface area contributed by atoms with Gasteiger partial charge in [0.1, 0.15) is 23.4 Å². The van der Waals surface area contributed by atoms with Crippen LogP contribution in [0.1, 0.15) is 41.7 Å². The summed E-state index contributed by atoms with van der Waals surface area (Å²) in [5.41, 5.74) is 2.17. The van der Waals surface area contributed by atoms with Crippen molar-refractivity contribution in [2.45, 2.75) is 37.8 Å². The van der Waals surface area contributed by atoms with Crippen LogP contribution in [0.2, 0.25) is 5.02 Å². The number of alkyl halides is 2. The molecule has 2 saturated heterocycles. The number of nitrogens with zero attached hydrogens (tertiary/aromatic N) is 7. The predicted molar refractivity (Wildman–Crippen MR) is 133 cm³/mol. The third kappa shape index (κ3) is 4.67. The van der Waals surface area contributed by atoms with Gasteiger partial charge in [-0.15, -0.1) is 10.2 Å². The summed E-state index contributed by atoms with van der Waals surface area (Å²) in [6, 6.07) is 13.2. The summed E-state index contributed by atoms with van der Waals surface area (Å²) in [6.07, 6.45) is 1.67. The number of hydrogen-bond acceptors (Lipinski definition) is 7. The van der Waals surface area contributed by atoms with Crippen molar-refractivity contribution in [3.05, 3.63) is 64.3 Å². The lowest BCUT2D eigenvalue weighted by Gasteiger charge is -2.36. The smallest absolute Gasteiger partial charge is 0.267 e. The molecule has 1 aromatic carbocycles. The summed E-state index contributed by atoms with van der Waals surface area (Å²) in [4.78, 5) is 8.34. The van der Waals surface area contributed by atoms with Crippen molar-refractivity contribution in [1.29, 1.82) is 5.26 Å². The van der Waals surface area contributed by atoms with Crippen molar-refractivity contribution in [3.8, 4) is 11.8 Å². The van der Waals surface area contributed by atoms with Gasteiger partial charge < -0.3 is 9.64 Å². The summed E-state index contributed by atoms with van der Waals surface area (Å²) in [6.45, 7) is 1.97. The van der Waals surface area contributed by atoms with E-state index in [9.17, 15) is 14.0 Å². The molecule has 0 N–H and O–H groups in total. The number of anilines is 1. The maximum absolute atomic E-state index is 14.9. The Kier molecular flexibility index (Phi) is 6.31. The van der Waals surface area contributed by atoms with E-state index in [1.54, 1.807) is 11.0 Å². The molecule has 0 spiro atoms. The Bertz CT molecular complexity index is 1340. The Hall–Kier alpha value is -3.13. The quantitative estimate of drug-likeness (QED) is 0.494. The highest BCUT2D eigenvalue weighted by molar-refractivity contribution is 6.30. The maximum atomic E-state index is 14.9. The van der Waals surface area contributed by atoms with Crippen molar-refractivity contribution >= 4 is 17.4 Å². The van der Waals surface area contributed by atoms with E-state index in [0.29, 0.717) is 23.1 Å². The molecule has 0 bridgehead atoms. The number of halogens is 3. The molecule has 3 aliphatic rings. The van der Waals surface area contributed by atoms with Gasteiger partial charge in [0, 0.05) is 30.6 Å². The van der Waals surface area contributed by atoms with Crippen LogP contribution in [0.15, 0.2) is 36.4 Å². The molecule has 0 saturated carbocycles. The first-order valence-electron chi connectivity index (χ1n) is 12.4. The number of rotatable bonds is 5. The summed E-state index contributed by atoms with van der Waals surface area (Å²) in [5, 5.41) is 18.8. The normalized spacial score (nSPS) is 19.0. The highest BCUT2D eigenvalue weighted by atomic mass is 35.5. The standard InChI is InChI=1S/C26H26ClF2N7O/c27-20-4-5-22-18(10-20)12-34(16-26(28,29)19-14-37-15-19)13-24-32-33-25(36(22)24)17-6-8-35(9-7-17)23-3-1-2-21(11-30)31-23/h1-5,10,17,19H,6-9,12-16H2. The number of nitriles is 1. The van der Waals surface area contributed by atoms with Crippen LogP contribution in [0.3, 0.4) is 0 Å². The molecule has 0 atom stereocenters. The first-order chi connectivity index (χ1) is 17.9. The average Bonchev–Trinajstić information content (AvgIpc) is 3.19. The summed E-state index contributed by atoms with van der Waals surface area (Å²) < 4.78 is 36.9. The van der Waals surface area contributed by atoms with Gasteiger partial charge in [0.05, 0.1) is 37.9 Å². The largest absolute Gasteiger partial charge is 0.380 e. The lowest BCUT2D eigenvalue weighted by Crippen LogP contribution is -2.49. The lowest BCUT2D eigenvalue weighted by atomic mass is 9.95. The second-order valence-electron chi connectivity index (χ2n) is 9.98. The zero-order valence-electron chi connectivity index (χ0n) is 20.2. The van der Waals surface area contributed by atoms with Crippen LogP contribution >= 0.6 is 11.6 Å². The molecular weight excluding hydrogens is 500 g/mol. The molecule has 0 radical (unpaired) electrons. The highest BCUT2D eigenvalue weighted by Gasteiger charge is 2.45. The Balaban J connectivity index is 1.26. The number of pyridine rings is 1. The van der Waals surface area contributed by atoms with Crippen molar-refractivity contribution in [2.75, 3.05) is 37.7 Å². The molecular formula is C26H26ClF2N7O. The maximum Gasteiger partial charge on any atom is 0.267 e. The number of ether oxygens (including phenoxy) is 1. The molecule has 6 rings (SSSR count). The van der Waals surface area contributed by atoms with Crippen LogP contribution in [0, 0.1) is 17.2 Å². The van der Waals surface area contributed by atoms with Crippen LogP contribution in [0.4, 0.5) is 14.6 Å². The SMILES string of the molecule is N#Cc1cccc(N2CCC(c3nnc4n3-c3ccc(Cl)cc3CN(CC(F)(F)C3COC3)C4)CC2)n1. The third-order valence-electron chi connectivity index (χ3n) is 7.50. The van der Waals surface area contributed by atoms with Gasteiger partial charge in [0.2, 0.25) is 0 Å². The fourth-order valence-corrected chi connectivity index (χ4v) is 5.60. The third-order valence-corrected chi connectivity index (χ3v) is 7.73. The monoisotopic (exact) mass is 525 g/mol. The second-order valence-corrected chi connectivity index (χ2v) is 10.4. The summed E-state index contributed by atoms with van der Waals surface area (Å²) >= 11 is 6.32. The van der Waals surface area contributed by atoms with E-state index < -0.39 is 11.8 Å². The number of fused-ring (bicyclic) bond motifs is 3. The zero-order valence-corrected chi connectivity index (χ0v) is 20.9. The molecule has 192 valence electrons. The average molecular weight is 526 g/mol. The number of aromatic nitrogens is 4. The molecule has 3 aromatic rings. The predicted octanol–water partition coefficient (Wildman–Crippen LogP) is 4.17. The molecule has 2 aromatic heterocycles. The van der Waals surface area contributed by atoms with Gasteiger partial charge in [-0.3, -0.25) is 9.47 Å². The second kappa shape index (κ2) is 9.63. The van der Waals surface area contributed by atoms with Crippen LogP contribution in [0.5, 0.6) is 0 Å². The van der Waals surface area contributed by atoms with Gasteiger partial charge in [0.25, 0.3) is 5.92 Å². The summed E-state index contributed by atoms with van der Waals surface area (Å²) in [7, 11) is 0. The molecule has 0 amide bonds. The van der Waals surface area contributed by atoms with E-state index in [-0.39, 0.29) is 32.2 Å². The zero-order chi connectivity index (χ0) is 25.6. The molecule has 37 heavy (non-hydrogen) atoms. The van der Waals surface area contributed by atoms with Gasteiger partial charge in [-0.25, -0.2) is 13.8 Å². The number of benzene rings is 1. The van der Waals surface area contributed by atoms with Crippen LogP contribution in [-0.2, 0) is 17.8 Å². The minimum Gasteiger partial charge on any atom is -0.380 e. The fourth-order valence-electron chi connectivity index (χ4n) is 5.40.